The number of nitrogens with zero attached hydrogens (tertiary/aromatic N) is 1. The normalized spacial score (nSPS) is 11.2. The molecule has 1 aromatic rings. The van der Waals surface area contributed by atoms with Crippen LogP contribution in [0, 0.1) is 5.82 Å². The number of halogens is 1. The maximum atomic E-state index is 12.7. The first-order valence-corrected chi connectivity index (χ1v) is 5.99. The Balaban J connectivity index is 2.37. The lowest BCUT2D eigenvalue weighted by Crippen LogP contribution is -2.27. The van der Waals surface area contributed by atoms with E-state index >= 15 is 0 Å². The Kier molecular flexibility index (Phi) is 5.29. The molecule has 0 aromatic heterocycles. The monoisotopic (exact) mass is 237 g/mol. The van der Waals surface area contributed by atoms with Gasteiger partial charge in [0, 0.05) is 18.0 Å². The summed E-state index contributed by atoms with van der Waals surface area (Å²) in [5, 5.41) is 0. The van der Waals surface area contributed by atoms with Crippen LogP contribution in [0.1, 0.15) is 37.0 Å². The molecule has 0 atom stereocenters. The third-order valence-corrected chi connectivity index (χ3v) is 2.96. The molecule has 1 rings (SSSR count). The van der Waals surface area contributed by atoms with Gasteiger partial charge in [0.1, 0.15) is 5.82 Å². The summed E-state index contributed by atoms with van der Waals surface area (Å²) in [7, 11) is 2.05. The zero-order valence-electron chi connectivity index (χ0n) is 10.7. The van der Waals surface area contributed by atoms with E-state index in [1.807, 2.05) is 7.05 Å². The molecule has 0 amide bonds. The average Bonchev–Trinajstić information content (AvgIpc) is 2.29. The Labute approximate surface area is 102 Å². The minimum Gasteiger partial charge on any atom is -0.304 e. The fourth-order valence-corrected chi connectivity index (χ4v) is 1.53. The number of carbonyl (C=O) groups excluding carboxylic acids is 1. The van der Waals surface area contributed by atoms with E-state index in [4.69, 9.17) is 0 Å². The summed E-state index contributed by atoms with van der Waals surface area (Å²) >= 11 is 0. The SMILES string of the molecule is CC(C)N(C)CCCC(=O)c1ccc(F)cc1. The molecule has 0 bridgehead atoms. The predicted octanol–water partition coefficient (Wildman–Crippen LogP) is 3.13. The van der Waals surface area contributed by atoms with Gasteiger partial charge >= 0.3 is 0 Å². The van der Waals surface area contributed by atoms with E-state index in [9.17, 15) is 9.18 Å². The maximum absolute atomic E-state index is 12.7. The number of rotatable bonds is 6. The number of hydrogen-bond donors (Lipinski definition) is 0. The van der Waals surface area contributed by atoms with Crippen molar-refractivity contribution in [3.8, 4) is 0 Å². The Bertz CT molecular complexity index is 359. The van der Waals surface area contributed by atoms with Crippen molar-refractivity contribution in [3.05, 3.63) is 35.6 Å². The van der Waals surface area contributed by atoms with Crippen molar-refractivity contribution in [1.29, 1.82) is 0 Å². The summed E-state index contributed by atoms with van der Waals surface area (Å²) < 4.78 is 12.7. The Morgan fingerprint density at radius 1 is 1.29 bits per heavy atom. The molecule has 0 fully saturated rings. The van der Waals surface area contributed by atoms with Crippen molar-refractivity contribution in [2.24, 2.45) is 0 Å². The number of ketones is 1. The van der Waals surface area contributed by atoms with Gasteiger partial charge in [0.25, 0.3) is 0 Å². The molecule has 0 unspecified atom stereocenters. The molecule has 0 saturated heterocycles. The topological polar surface area (TPSA) is 20.3 Å². The summed E-state index contributed by atoms with van der Waals surface area (Å²) in [6.45, 7) is 5.16. The molecule has 0 spiro atoms. The number of Topliss-reactive ketones (excluding diaryl/α,β-unsaturated/α-hetero) is 1. The van der Waals surface area contributed by atoms with Gasteiger partial charge in [0.15, 0.2) is 5.78 Å². The Morgan fingerprint density at radius 3 is 2.41 bits per heavy atom. The molecule has 3 heteroatoms. The van der Waals surface area contributed by atoms with E-state index in [1.54, 1.807) is 12.1 Å². The van der Waals surface area contributed by atoms with Crippen LogP contribution in [0.2, 0.25) is 0 Å². The van der Waals surface area contributed by atoms with Crippen LogP contribution < -0.4 is 0 Å². The van der Waals surface area contributed by atoms with E-state index in [-0.39, 0.29) is 11.6 Å². The van der Waals surface area contributed by atoms with Crippen molar-refractivity contribution in [1.82, 2.24) is 4.90 Å². The van der Waals surface area contributed by atoms with Gasteiger partial charge in [0.05, 0.1) is 0 Å². The van der Waals surface area contributed by atoms with Crippen molar-refractivity contribution in [3.63, 3.8) is 0 Å². The second-order valence-electron chi connectivity index (χ2n) is 4.61. The molecule has 0 aliphatic carbocycles. The van der Waals surface area contributed by atoms with E-state index in [2.05, 4.69) is 18.7 Å². The standard InChI is InChI=1S/C14H20FNO/c1-11(2)16(3)10-4-5-14(17)12-6-8-13(15)9-7-12/h6-9,11H,4-5,10H2,1-3H3. The van der Waals surface area contributed by atoms with Gasteiger partial charge < -0.3 is 4.90 Å². The lowest BCUT2D eigenvalue weighted by Gasteiger charge is -2.20. The van der Waals surface area contributed by atoms with Gasteiger partial charge in [-0.05, 0) is 58.1 Å². The first kappa shape index (κ1) is 13.8. The molecule has 0 N–H and O–H groups in total. The van der Waals surface area contributed by atoms with Gasteiger partial charge in [-0.25, -0.2) is 4.39 Å². The highest BCUT2D eigenvalue weighted by molar-refractivity contribution is 5.95. The lowest BCUT2D eigenvalue weighted by molar-refractivity contribution is 0.0974. The van der Waals surface area contributed by atoms with Gasteiger partial charge in [-0.2, -0.15) is 0 Å². The Hall–Kier alpha value is -1.22. The van der Waals surface area contributed by atoms with Gasteiger partial charge in [-0.15, -0.1) is 0 Å². The zero-order chi connectivity index (χ0) is 12.8. The number of hydrogen-bond acceptors (Lipinski definition) is 2. The van der Waals surface area contributed by atoms with Crippen LogP contribution in [0.4, 0.5) is 4.39 Å². The quantitative estimate of drug-likeness (QED) is 0.708. The molecular weight excluding hydrogens is 217 g/mol. The molecule has 0 saturated carbocycles. The highest BCUT2D eigenvalue weighted by atomic mass is 19.1. The minimum atomic E-state index is -0.305. The first-order chi connectivity index (χ1) is 8.00. The Morgan fingerprint density at radius 2 is 1.88 bits per heavy atom. The third kappa shape index (κ3) is 4.65. The van der Waals surface area contributed by atoms with Gasteiger partial charge in [-0.1, -0.05) is 0 Å². The highest BCUT2D eigenvalue weighted by Gasteiger charge is 2.07. The van der Waals surface area contributed by atoms with E-state index in [0.717, 1.165) is 13.0 Å². The summed E-state index contributed by atoms with van der Waals surface area (Å²) in [6, 6.07) is 6.24. The number of carbonyl (C=O) groups is 1. The summed E-state index contributed by atoms with van der Waals surface area (Å²) in [5.41, 5.74) is 0.596. The molecule has 0 aliphatic heterocycles. The summed E-state index contributed by atoms with van der Waals surface area (Å²) in [5.74, 6) is -0.219. The number of benzene rings is 1. The molecular formula is C14H20FNO. The van der Waals surface area contributed by atoms with Crippen molar-refractivity contribution in [2.45, 2.75) is 32.7 Å². The summed E-state index contributed by atoms with van der Waals surface area (Å²) in [4.78, 5) is 14.0. The smallest absolute Gasteiger partial charge is 0.162 e. The molecule has 2 nitrogen and oxygen atoms in total. The maximum Gasteiger partial charge on any atom is 0.162 e. The minimum absolute atomic E-state index is 0.0853. The fraction of sp³-hybridized carbons (Fsp3) is 0.500. The molecule has 0 aliphatic rings. The molecule has 0 radical (unpaired) electrons. The van der Waals surface area contributed by atoms with Crippen LogP contribution in [0.3, 0.4) is 0 Å². The summed E-state index contributed by atoms with van der Waals surface area (Å²) in [6.07, 6.45) is 1.35. The molecule has 17 heavy (non-hydrogen) atoms. The van der Waals surface area contributed by atoms with Crippen molar-refractivity contribution in [2.75, 3.05) is 13.6 Å². The van der Waals surface area contributed by atoms with E-state index in [1.165, 1.54) is 12.1 Å². The molecule has 0 heterocycles. The van der Waals surface area contributed by atoms with Gasteiger partial charge in [-0.3, -0.25) is 4.79 Å². The second kappa shape index (κ2) is 6.50. The van der Waals surface area contributed by atoms with E-state index < -0.39 is 0 Å². The van der Waals surface area contributed by atoms with E-state index in [0.29, 0.717) is 18.0 Å². The highest BCUT2D eigenvalue weighted by Crippen LogP contribution is 2.08. The van der Waals surface area contributed by atoms with Crippen LogP contribution in [0.15, 0.2) is 24.3 Å². The molecule has 1 aromatic carbocycles. The van der Waals surface area contributed by atoms with Gasteiger partial charge in [0.2, 0.25) is 0 Å². The largest absolute Gasteiger partial charge is 0.304 e. The van der Waals surface area contributed by atoms with Crippen LogP contribution in [0.5, 0.6) is 0 Å². The van der Waals surface area contributed by atoms with Crippen molar-refractivity contribution < 1.29 is 9.18 Å². The van der Waals surface area contributed by atoms with Crippen molar-refractivity contribution >= 4 is 5.78 Å². The predicted molar refractivity (Wildman–Crippen MR) is 67.7 cm³/mol. The van der Waals surface area contributed by atoms with Crippen LogP contribution in [0.25, 0.3) is 0 Å². The van der Waals surface area contributed by atoms with Crippen LogP contribution >= 0.6 is 0 Å². The van der Waals surface area contributed by atoms with Crippen LogP contribution in [-0.4, -0.2) is 30.3 Å². The third-order valence-electron chi connectivity index (χ3n) is 2.96. The van der Waals surface area contributed by atoms with Crippen LogP contribution in [-0.2, 0) is 0 Å². The second-order valence-corrected chi connectivity index (χ2v) is 4.61. The fourth-order valence-electron chi connectivity index (χ4n) is 1.53. The zero-order valence-corrected chi connectivity index (χ0v) is 10.7. The molecule has 94 valence electrons. The first-order valence-electron chi connectivity index (χ1n) is 5.99. The lowest BCUT2D eigenvalue weighted by atomic mass is 10.1. The average molecular weight is 237 g/mol.